The molecular formula is C32H30F3N3O5S. The van der Waals surface area contributed by atoms with E-state index in [1.807, 2.05) is 0 Å². The average Bonchev–Trinajstić information content (AvgIpc) is 3.00. The van der Waals surface area contributed by atoms with Crippen LogP contribution >= 0.6 is 0 Å². The fourth-order valence-electron chi connectivity index (χ4n) is 4.89. The van der Waals surface area contributed by atoms with Crippen LogP contribution in [0.5, 0.6) is 0 Å². The van der Waals surface area contributed by atoms with E-state index in [1.165, 1.54) is 53.4 Å². The average molecular weight is 626 g/mol. The minimum atomic E-state index is -4.93. The van der Waals surface area contributed by atoms with Crippen molar-refractivity contribution in [3.8, 4) is 0 Å². The zero-order valence-corrected chi connectivity index (χ0v) is 24.7. The monoisotopic (exact) mass is 625 g/mol. The molecule has 12 heteroatoms. The Morgan fingerprint density at radius 1 is 0.818 bits per heavy atom. The van der Waals surface area contributed by atoms with Crippen LogP contribution in [-0.2, 0) is 32.2 Å². The second-order valence-corrected chi connectivity index (χ2v) is 11.7. The van der Waals surface area contributed by atoms with Gasteiger partial charge in [-0.1, -0.05) is 54.6 Å². The number of carbonyl (C=O) groups excluding carboxylic acids is 3. The Bertz CT molecular complexity index is 1800. The lowest BCUT2D eigenvalue weighted by atomic mass is 9.97. The van der Waals surface area contributed by atoms with Gasteiger partial charge in [0.25, 0.3) is 15.9 Å². The van der Waals surface area contributed by atoms with Crippen molar-refractivity contribution in [3.05, 3.63) is 108 Å². The molecule has 0 heterocycles. The predicted molar refractivity (Wildman–Crippen MR) is 160 cm³/mol. The van der Waals surface area contributed by atoms with Crippen LogP contribution < -0.4 is 10.0 Å². The highest BCUT2D eigenvalue weighted by Crippen LogP contribution is 2.35. The van der Waals surface area contributed by atoms with Gasteiger partial charge in [0, 0.05) is 13.1 Å². The molecule has 0 aliphatic heterocycles. The third-order valence-electron chi connectivity index (χ3n) is 7.23. The molecule has 230 valence electrons. The second kappa shape index (κ2) is 12.9. The lowest BCUT2D eigenvalue weighted by molar-refractivity contribution is -0.141. The van der Waals surface area contributed by atoms with Gasteiger partial charge in [0.1, 0.15) is 5.92 Å². The molecule has 0 spiro atoms. The highest BCUT2D eigenvalue weighted by molar-refractivity contribution is 7.93. The van der Waals surface area contributed by atoms with Crippen LogP contribution in [0.15, 0.2) is 95.9 Å². The molecule has 0 aromatic heterocycles. The zero-order chi connectivity index (χ0) is 32.2. The molecule has 0 saturated heterocycles. The van der Waals surface area contributed by atoms with E-state index in [-0.39, 0.29) is 17.0 Å². The van der Waals surface area contributed by atoms with Crippen LogP contribution in [-0.4, -0.2) is 44.1 Å². The van der Waals surface area contributed by atoms with Crippen molar-refractivity contribution in [2.24, 2.45) is 11.7 Å². The van der Waals surface area contributed by atoms with Crippen LogP contribution in [0.1, 0.15) is 35.3 Å². The van der Waals surface area contributed by atoms with E-state index >= 15 is 0 Å². The SMILES string of the molecule is CCN(CC)C(=O)C(Cc1ccc(N(C(=O)c2ccccc2C(F)(F)F)S(=O)(=O)c2ccc3ccccc3c2)cc1)C(N)=O. The number of halogens is 3. The van der Waals surface area contributed by atoms with E-state index in [0.29, 0.717) is 34.4 Å². The summed E-state index contributed by atoms with van der Waals surface area (Å²) in [7, 11) is -4.75. The standard InChI is InChI=1S/C32H30F3N3O5S/c1-3-37(4-2)30(40)27(29(36)39)19-21-13-16-24(17-14-21)38(31(41)26-11-7-8-12-28(26)32(33,34)35)44(42,43)25-18-15-22-9-5-6-10-23(22)20-25/h5-18,20,27H,3-4,19H2,1-2H3,(H2,36,39). The molecule has 0 aliphatic rings. The lowest BCUT2D eigenvalue weighted by Gasteiger charge is -2.25. The van der Waals surface area contributed by atoms with E-state index in [0.717, 1.165) is 17.5 Å². The first-order valence-electron chi connectivity index (χ1n) is 13.7. The van der Waals surface area contributed by atoms with Crippen LogP contribution in [0.2, 0.25) is 0 Å². The van der Waals surface area contributed by atoms with Crippen LogP contribution in [0, 0.1) is 5.92 Å². The Morgan fingerprint density at radius 2 is 1.41 bits per heavy atom. The van der Waals surface area contributed by atoms with Crippen LogP contribution in [0.25, 0.3) is 10.8 Å². The number of alkyl halides is 3. The molecule has 0 radical (unpaired) electrons. The number of fused-ring (bicyclic) bond motifs is 1. The molecule has 0 aliphatic carbocycles. The fourth-order valence-corrected chi connectivity index (χ4v) is 6.34. The molecule has 1 atom stereocenters. The minimum Gasteiger partial charge on any atom is -0.369 e. The van der Waals surface area contributed by atoms with E-state index in [1.54, 1.807) is 38.1 Å². The first-order chi connectivity index (χ1) is 20.8. The number of carbonyl (C=O) groups is 3. The maximum atomic E-state index is 14.0. The van der Waals surface area contributed by atoms with Gasteiger partial charge in [-0.25, -0.2) is 8.42 Å². The summed E-state index contributed by atoms with van der Waals surface area (Å²) in [5.41, 5.74) is 3.55. The summed E-state index contributed by atoms with van der Waals surface area (Å²) in [6.07, 6.45) is -5.04. The van der Waals surface area contributed by atoms with Gasteiger partial charge >= 0.3 is 6.18 Å². The number of rotatable bonds is 10. The summed E-state index contributed by atoms with van der Waals surface area (Å²) in [5, 5.41) is 1.27. The van der Waals surface area contributed by atoms with Crippen molar-refractivity contribution in [2.75, 3.05) is 17.4 Å². The van der Waals surface area contributed by atoms with Crippen molar-refractivity contribution in [1.29, 1.82) is 0 Å². The molecule has 44 heavy (non-hydrogen) atoms. The van der Waals surface area contributed by atoms with Gasteiger partial charge in [-0.3, -0.25) is 14.4 Å². The number of anilines is 1. The molecule has 0 fully saturated rings. The number of primary amides is 1. The van der Waals surface area contributed by atoms with Gasteiger partial charge in [-0.15, -0.1) is 0 Å². The summed E-state index contributed by atoms with van der Waals surface area (Å²) < 4.78 is 70.1. The predicted octanol–water partition coefficient (Wildman–Crippen LogP) is 5.41. The highest BCUT2D eigenvalue weighted by Gasteiger charge is 2.39. The summed E-state index contributed by atoms with van der Waals surface area (Å²) >= 11 is 0. The van der Waals surface area contributed by atoms with E-state index in [2.05, 4.69) is 0 Å². The van der Waals surface area contributed by atoms with Gasteiger partial charge < -0.3 is 10.6 Å². The van der Waals surface area contributed by atoms with Gasteiger partial charge in [-0.05, 0) is 73.0 Å². The Morgan fingerprint density at radius 3 is 2.00 bits per heavy atom. The minimum absolute atomic E-state index is 0.104. The lowest BCUT2D eigenvalue weighted by Crippen LogP contribution is -2.42. The maximum absolute atomic E-state index is 14.0. The van der Waals surface area contributed by atoms with Crippen molar-refractivity contribution in [1.82, 2.24) is 4.90 Å². The second-order valence-electron chi connectivity index (χ2n) is 9.96. The Kier molecular flexibility index (Phi) is 9.43. The normalized spacial score (nSPS) is 12.5. The number of benzene rings is 4. The summed E-state index contributed by atoms with van der Waals surface area (Å²) in [6.45, 7) is 4.24. The Balaban J connectivity index is 1.81. The molecule has 0 bridgehead atoms. The first kappa shape index (κ1) is 32.2. The van der Waals surface area contributed by atoms with Crippen LogP contribution in [0.3, 0.4) is 0 Å². The highest BCUT2D eigenvalue weighted by atomic mass is 32.2. The summed E-state index contributed by atoms with van der Waals surface area (Å²) in [6, 6.07) is 20.2. The molecule has 2 N–H and O–H groups in total. The number of nitrogens with zero attached hydrogens (tertiary/aromatic N) is 2. The fraction of sp³-hybridized carbons (Fsp3) is 0.219. The molecule has 0 saturated carbocycles. The molecule has 3 amide bonds. The third-order valence-corrected chi connectivity index (χ3v) is 8.94. The molecule has 4 aromatic rings. The Labute approximate surface area is 252 Å². The number of nitrogens with two attached hydrogens (primary N) is 1. The van der Waals surface area contributed by atoms with E-state index in [4.69, 9.17) is 5.73 Å². The molecule has 4 rings (SSSR count). The quantitative estimate of drug-likeness (QED) is 0.237. The van der Waals surface area contributed by atoms with Crippen molar-refractivity contribution < 1.29 is 36.0 Å². The van der Waals surface area contributed by atoms with Gasteiger partial charge in [0.2, 0.25) is 11.8 Å². The Hall–Kier alpha value is -4.71. The molecule has 8 nitrogen and oxygen atoms in total. The smallest absolute Gasteiger partial charge is 0.369 e. The largest absolute Gasteiger partial charge is 0.417 e. The van der Waals surface area contributed by atoms with E-state index < -0.39 is 51.0 Å². The number of amides is 3. The van der Waals surface area contributed by atoms with Crippen LogP contribution in [0.4, 0.5) is 18.9 Å². The molecule has 4 aromatic carbocycles. The first-order valence-corrected chi connectivity index (χ1v) is 15.1. The van der Waals surface area contributed by atoms with Gasteiger partial charge in [0.15, 0.2) is 0 Å². The number of hydrogen-bond acceptors (Lipinski definition) is 5. The van der Waals surface area contributed by atoms with Gasteiger partial charge in [-0.2, -0.15) is 17.5 Å². The van der Waals surface area contributed by atoms with Crippen molar-refractivity contribution >= 4 is 44.2 Å². The molecule has 1 unspecified atom stereocenters. The van der Waals surface area contributed by atoms with Crippen molar-refractivity contribution in [3.63, 3.8) is 0 Å². The van der Waals surface area contributed by atoms with Crippen molar-refractivity contribution in [2.45, 2.75) is 31.3 Å². The van der Waals surface area contributed by atoms with Gasteiger partial charge in [0.05, 0.1) is 21.7 Å². The number of sulfonamides is 1. The zero-order valence-electron chi connectivity index (χ0n) is 23.9. The molecular weight excluding hydrogens is 595 g/mol. The maximum Gasteiger partial charge on any atom is 0.417 e. The number of hydrogen-bond donors (Lipinski definition) is 1. The topological polar surface area (TPSA) is 118 Å². The van der Waals surface area contributed by atoms with E-state index in [9.17, 15) is 36.0 Å². The summed E-state index contributed by atoms with van der Waals surface area (Å²) in [5.74, 6) is -3.92. The third kappa shape index (κ3) is 6.60. The summed E-state index contributed by atoms with van der Waals surface area (Å²) in [4.78, 5) is 40.0.